The van der Waals surface area contributed by atoms with E-state index in [2.05, 4.69) is 23.9 Å². The number of nitrogens with one attached hydrogen (secondary N) is 2. The fourth-order valence-electron chi connectivity index (χ4n) is 2.70. The maximum Gasteiger partial charge on any atom is 0.208 e. The van der Waals surface area contributed by atoms with Gasteiger partial charge in [0.1, 0.15) is 0 Å². The first-order chi connectivity index (χ1) is 7.90. The second kappa shape index (κ2) is 6.71. The average Bonchev–Trinajstić information content (AvgIpc) is 2.20. The van der Waals surface area contributed by atoms with Gasteiger partial charge in [0.2, 0.25) is 10.0 Å². The average molecular weight is 262 g/mol. The molecule has 0 bridgehead atoms. The van der Waals surface area contributed by atoms with Gasteiger partial charge in [0.15, 0.2) is 0 Å². The van der Waals surface area contributed by atoms with Gasteiger partial charge in [0, 0.05) is 12.6 Å². The molecule has 5 heteroatoms. The predicted molar refractivity (Wildman–Crippen MR) is 71.4 cm³/mol. The first kappa shape index (κ1) is 14.9. The SMILES string of the molecule is CC1CCCC(C)C1NCCCNS(C)(=O)=O. The summed E-state index contributed by atoms with van der Waals surface area (Å²) in [5.74, 6) is 1.48. The number of sulfonamides is 1. The Morgan fingerprint density at radius 1 is 1.12 bits per heavy atom. The molecule has 17 heavy (non-hydrogen) atoms. The van der Waals surface area contributed by atoms with Crippen molar-refractivity contribution in [3.63, 3.8) is 0 Å². The van der Waals surface area contributed by atoms with Crippen molar-refractivity contribution in [1.29, 1.82) is 0 Å². The van der Waals surface area contributed by atoms with E-state index < -0.39 is 10.0 Å². The minimum Gasteiger partial charge on any atom is -0.313 e. The van der Waals surface area contributed by atoms with E-state index in [1.54, 1.807) is 0 Å². The molecule has 2 unspecified atom stereocenters. The Hall–Kier alpha value is -0.130. The van der Waals surface area contributed by atoms with Crippen molar-refractivity contribution in [1.82, 2.24) is 10.0 Å². The highest BCUT2D eigenvalue weighted by Crippen LogP contribution is 2.28. The first-order valence-corrected chi connectivity index (χ1v) is 8.47. The standard InChI is InChI=1S/C12H26N2O2S/c1-10-6-4-7-11(2)12(10)13-8-5-9-14-17(3,15)16/h10-14H,4-9H2,1-3H3. The second-order valence-corrected chi connectivity index (χ2v) is 7.22. The van der Waals surface area contributed by atoms with Gasteiger partial charge in [-0.25, -0.2) is 13.1 Å². The van der Waals surface area contributed by atoms with E-state index in [9.17, 15) is 8.42 Å². The molecular weight excluding hydrogens is 236 g/mol. The largest absolute Gasteiger partial charge is 0.313 e. The summed E-state index contributed by atoms with van der Waals surface area (Å²) in [6, 6.07) is 0.599. The van der Waals surface area contributed by atoms with Gasteiger partial charge in [-0.05, 0) is 37.6 Å². The monoisotopic (exact) mass is 262 g/mol. The van der Waals surface area contributed by atoms with Gasteiger partial charge in [0.05, 0.1) is 6.26 Å². The van der Waals surface area contributed by atoms with Crippen LogP contribution in [0.25, 0.3) is 0 Å². The van der Waals surface area contributed by atoms with Crippen LogP contribution in [-0.4, -0.2) is 33.8 Å². The zero-order chi connectivity index (χ0) is 12.9. The van der Waals surface area contributed by atoms with Crippen LogP contribution in [-0.2, 0) is 10.0 Å². The van der Waals surface area contributed by atoms with Crippen LogP contribution in [0.4, 0.5) is 0 Å². The highest BCUT2D eigenvalue weighted by atomic mass is 32.2. The van der Waals surface area contributed by atoms with Crippen molar-refractivity contribution in [2.24, 2.45) is 11.8 Å². The highest BCUT2D eigenvalue weighted by Gasteiger charge is 2.26. The summed E-state index contributed by atoms with van der Waals surface area (Å²) in [4.78, 5) is 0. The van der Waals surface area contributed by atoms with Crippen LogP contribution in [0.15, 0.2) is 0 Å². The lowest BCUT2D eigenvalue weighted by atomic mass is 9.79. The molecule has 0 heterocycles. The fourth-order valence-corrected chi connectivity index (χ4v) is 3.21. The van der Waals surface area contributed by atoms with Crippen LogP contribution in [0.3, 0.4) is 0 Å². The van der Waals surface area contributed by atoms with E-state index in [0.717, 1.165) is 24.8 Å². The zero-order valence-corrected chi connectivity index (χ0v) is 12.0. The molecule has 0 saturated heterocycles. The van der Waals surface area contributed by atoms with Crippen LogP contribution in [0, 0.1) is 11.8 Å². The van der Waals surface area contributed by atoms with Gasteiger partial charge in [-0.3, -0.25) is 0 Å². The van der Waals surface area contributed by atoms with Crippen LogP contribution < -0.4 is 10.0 Å². The molecule has 102 valence electrons. The Morgan fingerprint density at radius 2 is 1.71 bits per heavy atom. The van der Waals surface area contributed by atoms with E-state index in [0.29, 0.717) is 12.6 Å². The lowest BCUT2D eigenvalue weighted by molar-refractivity contribution is 0.209. The van der Waals surface area contributed by atoms with Crippen molar-refractivity contribution >= 4 is 10.0 Å². The molecule has 2 N–H and O–H groups in total. The Kier molecular flexibility index (Phi) is 5.89. The van der Waals surface area contributed by atoms with E-state index in [4.69, 9.17) is 0 Å². The van der Waals surface area contributed by atoms with Crippen molar-refractivity contribution in [3.05, 3.63) is 0 Å². The lowest BCUT2D eigenvalue weighted by Gasteiger charge is -2.35. The summed E-state index contributed by atoms with van der Waals surface area (Å²) < 4.78 is 24.3. The normalized spacial score (nSPS) is 30.4. The minimum absolute atomic E-state index is 0.529. The summed E-state index contributed by atoms with van der Waals surface area (Å²) >= 11 is 0. The van der Waals surface area contributed by atoms with E-state index in [1.807, 2.05) is 0 Å². The van der Waals surface area contributed by atoms with Gasteiger partial charge < -0.3 is 5.32 Å². The van der Waals surface area contributed by atoms with Gasteiger partial charge >= 0.3 is 0 Å². The van der Waals surface area contributed by atoms with Crippen LogP contribution in [0.1, 0.15) is 39.5 Å². The minimum atomic E-state index is -3.03. The molecule has 0 spiro atoms. The van der Waals surface area contributed by atoms with Crippen LogP contribution in [0.5, 0.6) is 0 Å². The van der Waals surface area contributed by atoms with Crippen LogP contribution in [0.2, 0.25) is 0 Å². The van der Waals surface area contributed by atoms with Gasteiger partial charge in [-0.15, -0.1) is 0 Å². The Balaban J connectivity index is 2.17. The lowest BCUT2D eigenvalue weighted by Crippen LogP contribution is -2.43. The summed E-state index contributed by atoms with van der Waals surface area (Å²) in [6.07, 6.45) is 6.01. The third kappa shape index (κ3) is 5.84. The molecule has 0 aromatic carbocycles. The summed E-state index contributed by atoms with van der Waals surface area (Å²) in [7, 11) is -3.03. The van der Waals surface area contributed by atoms with Gasteiger partial charge in [-0.2, -0.15) is 0 Å². The summed E-state index contributed by atoms with van der Waals surface area (Å²) in [5, 5.41) is 3.57. The molecule has 0 aromatic heterocycles. The molecule has 1 aliphatic rings. The number of hydrogen-bond acceptors (Lipinski definition) is 3. The molecule has 0 radical (unpaired) electrons. The van der Waals surface area contributed by atoms with Crippen molar-refractivity contribution in [3.8, 4) is 0 Å². The fraction of sp³-hybridized carbons (Fsp3) is 1.00. The maximum atomic E-state index is 10.9. The van der Waals surface area contributed by atoms with Crippen LogP contribution >= 0.6 is 0 Å². The highest BCUT2D eigenvalue weighted by molar-refractivity contribution is 7.88. The molecule has 0 aromatic rings. The zero-order valence-electron chi connectivity index (χ0n) is 11.2. The van der Waals surface area contributed by atoms with E-state index in [-0.39, 0.29) is 0 Å². The third-order valence-corrected chi connectivity index (χ3v) is 4.37. The summed E-state index contributed by atoms with van der Waals surface area (Å²) in [6.45, 7) is 6.04. The second-order valence-electron chi connectivity index (χ2n) is 5.39. The molecule has 1 saturated carbocycles. The molecule has 1 fully saturated rings. The quantitative estimate of drug-likeness (QED) is 0.710. The molecule has 0 amide bonds. The third-order valence-electron chi connectivity index (χ3n) is 3.64. The molecule has 1 rings (SSSR count). The summed E-state index contributed by atoms with van der Waals surface area (Å²) in [5.41, 5.74) is 0. The van der Waals surface area contributed by atoms with Crippen molar-refractivity contribution in [2.45, 2.75) is 45.6 Å². The van der Waals surface area contributed by atoms with Crippen molar-refractivity contribution < 1.29 is 8.42 Å². The van der Waals surface area contributed by atoms with Gasteiger partial charge in [-0.1, -0.05) is 20.3 Å². The molecule has 0 aliphatic heterocycles. The van der Waals surface area contributed by atoms with E-state index in [1.165, 1.54) is 25.5 Å². The van der Waals surface area contributed by atoms with Crippen molar-refractivity contribution in [2.75, 3.05) is 19.3 Å². The molecule has 1 aliphatic carbocycles. The van der Waals surface area contributed by atoms with E-state index >= 15 is 0 Å². The topological polar surface area (TPSA) is 58.2 Å². The molecule has 2 atom stereocenters. The smallest absolute Gasteiger partial charge is 0.208 e. The Morgan fingerprint density at radius 3 is 2.24 bits per heavy atom. The Bertz CT molecular complexity index is 306. The van der Waals surface area contributed by atoms with Gasteiger partial charge in [0.25, 0.3) is 0 Å². The molecular formula is C12H26N2O2S. The molecule has 4 nitrogen and oxygen atoms in total. The first-order valence-electron chi connectivity index (χ1n) is 6.58. The Labute approximate surface area is 106 Å². The number of rotatable bonds is 6. The maximum absolute atomic E-state index is 10.9. The predicted octanol–water partition coefficient (Wildman–Crippen LogP) is 1.34. The number of hydrogen-bond donors (Lipinski definition) is 2.